The van der Waals surface area contributed by atoms with Gasteiger partial charge in [-0.15, -0.1) is 0 Å². The molecule has 2 amide bonds. The number of benzene rings is 3. The third-order valence-electron chi connectivity index (χ3n) is 7.90. The van der Waals surface area contributed by atoms with Gasteiger partial charge in [0.1, 0.15) is 24.2 Å². The number of amides is 2. The molecule has 1 atom stereocenters. The maximum absolute atomic E-state index is 14.4. The van der Waals surface area contributed by atoms with Gasteiger partial charge in [-0.3, -0.25) is 19.3 Å². The predicted octanol–water partition coefficient (Wildman–Crippen LogP) is 3.27. The average molecular weight is 586 g/mol. The molecule has 2 aliphatic heterocycles. The summed E-state index contributed by atoms with van der Waals surface area (Å²) >= 11 is 0. The van der Waals surface area contributed by atoms with E-state index in [1.165, 1.54) is 11.0 Å². The number of primary amides is 1. The first-order chi connectivity index (χ1) is 20.7. The van der Waals surface area contributed by atoms with E-state index in [1.807, 2.05) is 35.2 Å². The van der Waals surface area contributed by atoms with Gasteiger partial charge >= 0.3 is 5.97 Å². The number of hydrogen-bond acceptors (Lipinski definition) is 7. The minimum absolute atomic E-state index is 0.0572. The van der Waals surface area contributed by atoms with E-state index in [1.54, 1.807) is 30.3 Å². The van der Waals surface area contributed by atoms with E-state index in [2.05, 4.69) is 4.90 Å². The number of nitrogens with two attached hydrogens (primary N) is 1. The molecule has 0 radical (unpaired) electrons. The highest BCUT2D eigenvalue weighted by Gasteiger charge is 2.37. The smallest absolute Gasteiger partial charge is 0.303 e. The van der Waals surface area contributed by atoms with Crippen LogP contribution in [0.25, 0.3) is 0 Å². The first kappa shape index (κ1) is 29.5. The fourth-order valence-electron chi connectivity index (χ4n) is 5.56. The number of aliphatic carboxylic acids is 1. The maximum Gasteiger partial charge on any atom is 0.303 e. The Balaban J connectivity index is 1.15. The van der Waals surface area contributed by atoms with E-state index < -0.39 is 17.9 Å². The van der Waals surface area contributed by atoms with Crippen LogP contribution in [-0.2, 0) is 29.3 Å². The van der Waals surface area contributed by atoms with Gasteiger partial charge in [-0.1, -0.05) is 30.3 Å². The molecule has 3 aromatic carbocycles. The van der Waals surface area contributed by atoms with Crippen molar-refractivity contribution in [2.24, 2.45) is 5.73 Å². The van der Waals surface area contributed by atoms with Gasteiger partial charge in [0.05, 0.1) is 23.9 Å². The minimum Gasteiger partial charge on any atom is -0.489 e. The molecule has 0 aromatic heterocycles. The molecule has 0 spiro atoms. The molecule has 10 nitrogen and oxygen atoms in total. The molecule has 1 unspecified atom stereocenters. The number of piperazine rings is 1. The Morgan fingerprint density at radius 3 is 2.42 bits per heavy atom. The topological polar surface area (TPSA) is 140 Å². The molecule has 3 N–H and O–H groups in total. The van der Waals surface area contributed by atoms with Gasteiger partial charge in [0.15, 0.2) is 0 Å². The molecular formula is C32H32FN5O5. The number of ether oxygens (including phenoxy) is 1. The number of halogens is 1. The van der Waals surface area contributed by atoms with Crippen molar-refractivity contribution < 1.29 is 28.6 Å². The summed E-state index contributed by atoms with van der Waals surface area (Å²) in [6, 6.07) is 18.8. The summed E-state index contributed by atoms with van der Waals surface area (Å²) in [5, 5.41) is 18.0. The number of carbonyl (C=O) groups excluding carboxylic acids is 2. The highest BCUT2D eigenvalue weighted by atomic mass is 19.1. The number of nitrogens with zero attached hydrogens (tertiary/aromatic N) is 4. The molecule has 5 rings (SSSR count). The van der Waals surface area contributed by atoms with E-state index in [0.717, 1.165) is 30.8 Å². The SMILES string of the molecule is N#Cc1ccc(N2CCN(Cc3ccc(COc4cccc5c4CN(C(CCC(=O)O)C(N)=O)C5=O)cc3)CC2)c(F)c1. The lowest BCUT2D eigenvalue weighted by Gasteiger charge is -2.36. The Labute approximate surface area is 248 Å². The summed E-state index contributed by atoms with van der Waals surface area (Å²) in [7, 11) is 0. The van der Waals surface area contributed by atoms with Gasteiger partial charge in [-0.25, -0.2) is 4.39 Å². The highest BCUT2D eigenvalue weighted by molar-refractivity contribution is 6.01. The van der Waals surface area contributed by atoms with Crippen LogP contribution in [0.1, 0.15) is 45.5 Å². The molecule has 1 fully saturated rings. The number of anilines is 1. The van der Waals surface area contributed by atoms with Crippen molar-refractivity contribution in [2.75, 3.05) is 31.1 Å². The van der Waals surface area contributed by atoms with Crippen LogP contribution in [0.3, 0.4) is 0 Å². The van der Waals surface area contributed by atoms with E-state index in [4.69, 9.17) is 20.8 Å². The van der Waals surface area contributed by atoms with Crippen molar-refractivity contribution in [3.05, 3.63) is 94.3 Å². The number of nitriles is 1. The minimum atomic E-state index is -1.07. The van der Waals surface area contributed by atoms with Gasteiger partial charge in [0.25, 0.3) is 5.91 Å². The molecule has 43 heavy (non-hydrogen) atoms. The summed E-state index contributed by atoms with van der Waals surface area (Å²) in [6.45, 7) is 4.10. The van der Waals surface area contributed by atoms with Crippen LogP contribution >= 0.6 is 0 Å². The lowest BCUT2D eigenvalue weighted by molar-refractivity contribution is -0.137. The second-order valence-corrected chi connectivity index (χ2v) is 10.7. The zero-order valence-corrected chi connectivity index (χ0v) is 23.5. The largest absolute Gasteiger partial charge is 0.489 e. The monoisotopic (exact) mass is 585 g/mol. The van der Waals surface area contributed by atoms with Crippen LogP contribution in [0.4, 0.5) is 10.1 Å². The van der Waals surface area contributed by atoms with Crippen LogP contribution in [0.5, 0.6) is 5.75 Å². The number of carboxylic acids is 1. The lowest BCUT2D eigenvalue weighted by Crippen LogP contribution is -2.46. The third kappa shape index (κ3) is 6.76. The van der Waals surface area contributed by atoms with Gasteiger partial charge in [0.2, 0.25) is 5.91 Å². The Hall–Kier alpha value is -4.95. The molecule has 2 aliphatic rings. The van der Waals surface area contributed by atoms with Gasteiger partial charge in [-0.2, -0.15) is 5.26 Å². The molecule has 3 aromatic rings. The second kappa shape index (κ2) is 12.9. The van der Waals surface area contributed by atoms with Crippen molar-refractivity contribution in [1.29, 1.82) is 5.26 Å². The third-order valence-corrected chi connectivity index (χ3v) is 7.90. The van der Waals surface area contributed by atoms with Crippen LogP contribution in [0.15, 0.2) is 60.7 Å². The second-order valence-electron chi connectivity index (χ2n) is 10.7. The normalized spacial score (nSPS) is 15.6. The van der Waals surface area contributed by atoms with Crippen molar-refractivity contribution >= 4 is 23.5 Å². The number of carbonyl (C=O) groups is 3. The summed E-state index contributed by atoms with van der Waals surface area (Å²) in [5.41, 5.74) is 9.48. The quantitative estimate of drug-likeness (QED) is 0.350. The first-order valence-corrected chi connectivity index (χ1v) is 14.0. The first-order valence-electron chi connectivity index (χ1n) is 14.0. The summed E-state index contributed by atoms with van der Waals surface area (Å²) in [6.07, 6.45) is -0.333. The fourth-order valence-corrected chi connectivity index (χ4v) is 5.56. The fraction of sp³-hybridized carbons (Fsp3) is 0.312. The average Bonchev–Trinajstić information content (AvgIpc) is 3.33. The van der Waals surface area contributed by atoms with E-state index in [9.17, 15) is 18.8 Å². The van der Waals surface area contributed by atoms with Gasteiger partial charge in [0, 0.05) is 50.3 Å². The standard InChI is InChI=1S/C32H32FN5O5/c33-26-16-23(17-34)8-9-27(26)37-14-12-36(13-15-37)18-21-4-6-22(7-5-21)20-43-29-3-1-2-24-25(29)19-38(32(24)42)28(31(35)41)10-11-30(39)40/h1-9,16,28H,10-15,18-20H2,(H2,35,41)(H,39,40). The van der Waals surface area contributed by atoms with Gasteiger partial charge in [-0.05, 0) is 47.9 Å². The molecular weight excluding hydrogens is 553 g/mol. The van der Waals surface area contributed by atoms with Crippen LogP contribution in [0.2, 0.25) is 0 Å². The van der Waals surface area contributed by atoms with Crippen molar-refractivity contribution in [3.63, 3.8) is 0 Å². The molecule has 0 bridgehead atoms. The van der Waals surface area contributed by atoms with E-state index in [0.29, 0.717) is 41.2 Å². The molecule has 1 saturated heterocycles. The van der Waals surface area contributed by atoms with Crippen LogP contribution in [0, 0.1) is 17.1 Å². The predicted molar refractivity (Wildman–Crippen MR) is 156 cm³/mol. The maximum atomic E-state index is 14.4. The molecule has 0 aliphatic carbocycles. The molecule has 2 heterocycles. The van der Waals surface area contributed by atoms with Crippen LogP contribution < -0.4 is 15.4 Å². The van der Waals surface area contributed by atoms with Crippen molar-refractivity contribution in [2.45, 2.75) is 38.6 Å². The molecule has 222 valence electrons. The Kier molecular flexibility index (Phi) is 8.87. The highest BCUT2D eigenvalue weighted by Crippen LogP contribution is 2.33. The summed E-state index contributed by atoms with van der Waals surface area (Å²) < 4.78 is 20.5. The lowest BCUT2D eigenvalue weighted by atomic mass is 10.1. The summed E-state index contributed by atoms with van der Waals surface area (Å²) in [5.74, 6) is -2.03. The van der Waals surface area contributed by atoms with Crippen molar-refractivity contribution in [1.82, 2.24) is 9.80 Å². The van der Waals surface area contributed by atoms with E-state index >= 15 is 0 Å². The Morgan fingerprint density at radius 2 is 1.77 bits per heavy atom. The number of carboxylic acid groups (broad SMARTS) is 1. The zero-order valence-electron chi connectivity index (χ0n) is 23.5. The number of fused-ring (bicyclic) bond motifs is 1. The molecule has 11 heteroatoms. The Bertz CT molecular complexity index is 1560. The zero-order chi connectivity index (χ0) is 30.5. The van der Waals surface area contributed by atoms with Gasteiger partial charge < -0.3 is 25.4 Å². The number of hydrogen-bond donors (Lipinski definition) is 2. The number of rotatable bonds is 11. The molecule has 0 saturated carbocycles. The summed E-state index contributed by atoms with van der Waals surface area (Å²) in [4.78, 5) is 41.7. The van der Waals surface area contributed by atoms with Crippen molar-refractivity contribution in [3.8, 4) is 11.8 Å². The Morgan fingerprint density at radius 1 is 1.05 bits per heavy atom. The van der Waals surface area contributed by atoms with Crippen LogP contribution in [-0.4, -0.2) is 64.9 Å². The van der Waals surface area contributed by atoms with E-state index in [-0.39, 0.29) is 37.7 Å².